The van der Waals surface area contributed by atoms with Crippen LogP contribution in [0.5, 0.6) is 5.75 Å². The molecule has 0 amide bonds. The normalized spacial score (nSPS) is 10.1. The Morgan fingerprint density at radius 1 is 1.46 bits per heavy atom. The Hall–Kier alpha value is -0.340. The zero-order chi connectivity index (χ0) is 9.68. The average Bonchev–Trinajstić information content (AvgIpc) is 2.09. The van der Waals surface area contributed by atoms with Crippen LogP contribution < -0.4 is 4.74 Å². The van der Waals surface area contributed by atoms with Gasteiger partial charge in [0.2, 0.25) is 0 Å². The number of hydrogen-bond acceptors (Lipinski definition) is 2. The first kappa shape index (κ1) is 10.7. The maximum atomic E-state index is 5.96. The zero-order valence-corrected chi connectivity index (χ0v) is 9.24. The van der Waals surface area contributed by atoms with Gasteiger partial charge in [-0.3, -0.25) is 0 Å². The molecule has 0 N–H and O–H groups in total. The van der Waals surface area contributed by atoms with Crippen molar-refractivity contribution in [2.75, 3.05) is 12.4 Å². The molecule has 0 spiro atoms. The van der Waals surface area contributed by atoms with Crippen LogP contribution in [0.25, 0.3) is 0 Å². The average molecular weight is 217 g/mol. The van der Waals surface area contributed by atoms with Gasteiger partial charge in [-0.25, -0.2) is 0 Å². The van der Waals surface area contributed by atoms with Crippen LogP contribution in [0.1, 0.15) is 12.0 Å². The van der Waals surface area contributed by atoms with Crippen LogP contribution in [0.4, 0.5) is 0 Å². The summed E-state index contributed by atoms with van der Waals surface area (Å²) < 4.78 is 5.45. The molecule has 0 aliphatic heterocycles. The molecule has 1 aromatic carbocycles. The van der Waals surface area contributed by atoms with Crippen LogP contribution in [0, 0.1) is 6.92 Å². The van der Waals surface area contributed by atoms with Crippen molar-refractivity contribution in [2.45, 2.75) is 13.3 Å². The highest BCUT2D eigenvalue weighted by Gasteiger charge is 2.00. The fourth-order valence-corrected chi connectivity index (χ4v) is 1.39. The van der Waals surface area contributed by atoms with Gasteiger partial charge in [0.15, 0.2) is 0 Å². The quantitative estimate of drug-likeness (QED) is 0.600. The molecule has 13 heavy (non-hydrogen) atoms. The summed E-state index contributed by atoms with van der Waals surface area (Å²) in [5.74, 6) is 1.60. The van der Waals surface area contributed by atoms with Crippen LogP contribution in [0.15, 0.2) is 18.2 Å². The molecule has 0 saturated heterocycles. The highest BCUT2D eigenvalue weighted by Crippen LogP contribution is 2.25. The summed E-state index contributed by atoms with van der Waals surface area (Å²) in [6, 6.07) is 5.79. The molecule has 0 saturated carbocycles. The van der Waals surface area contributed by atoms with Gasteiger partial charge in [0.05, 0.1) is 11.6 Å². The van der Waals surface area contributed by atoms with E-state index in [-0.39, 0.29) is 0 Å². The topological polar surface area (TPSA) is 9.23 Å². The molecule has 3 heteroatoms. The number of ether oxygens (including phenoxy) is 1. The molecule has 72 valence electrons. The van der Waals surface area contributed by atoms with Crippen molar-refractivity contribution < 1.29 is 4.74 Å². The summed E-state index contributed by atoms with van der Waals surface area (Å²) in [6.07, 6.45) is 0.938. The van der Waals surface area contributed by atoms with Gasteiger partial charge in [0.1, 0.15) is 5.75 Å². The Bertz CT molecular complexity index is 276. The second-order valence-electron chi connectivity index (χ2n) is 2.86. The number of benzene rings is 1. The van der Waals surface area contributed by atoms with Gasteiger partial charge in [-0.05, 0) is 36.8 Å². The predicted molar refractivity (Wildman–Crippen MR) is 60.2 cm³/mol. The summed E-state index contributed by atoms with van der Waals surface area (Å²) >= 11 is 10.1. The van der Waals surface area contributed by atoms with Crippen molar-refractivity contribution in [1.29, 1.82) is 0 Å². The van der Waals surface area contributed by atoms with E-state index in [2.05, 4.69) is 12.6 Å². The maximum absolute atomic E-state index is 5.96. The van der Waals surface area contributed by atoms with Gasteiger partial charge in [-0.1, -0.05) is 17.7 Å². The van der Waals surface area contributed by atoms with E-state index >= 15 is 0 Å². The molecule has 1 nitrogen and oxygen atoms in total. The monoisotopic (exact) mass is 216 g/mol. The van der Waals surface area contributed by atoms with Gasteiger partial charge in [-0.2, -0.15) is 12.6 Å². The van der Waals surface area contributed by atoms with E-state index in [1.165, 1.54) is 0 Å². The zero-order valence-electron chi connectivity index (χ0n) is 7.59. The van der Waals surface area contributed by atoms with E-state index in [0.29, 0.717) is 11.6 Å². The molecule has 0 atom stereocenters. The Morgan fingerprint density at radius 2 is 2.23 bits per heavy atom. The van der Waals surface area contributed by atoms with Crippen molar-refractivity contribution in [3.05, 3.63) is 28.8 Å². The summed E-state index contributed by atoms with van der Waals surface area (Å²) in [4.78, 5) is 0. The first-order valence-corrected chi connectivity index (χ1v) is 5.25. The SMILES string of the molecule is Cc1ccc(OCCCS)c(Cl)c1. The maximum Gasteiger partial charge on any atom is 0.137 e. The van der Waals surface area contributed by atoms with Crippen LogP contribution >= 0.6 is 24.2 Å². The summed E-state index contributed by atoms with van der Waals surface area (Å²) in [5.41, 5.74) is 1.14. The minimum absolute atomic E-state index is 0.673. The second-order valence-corrected chi connectivity index (χ2v) is 3.71. The van der Waals surface area contributed by atoms with Gasteiger partial charge in [0, 0.05) is 0 Å². The second kappa shape index (κ2) is 5.40. The third-order valence-electron chi connectivity index (χ3n) is 1.65. The van der Waals surface area contributed by atoms with Gasteiger partial charge in [0.25, 0.3) is 0 Å². The molecule has 0 radical (unpaired) electrons. The van der Waals surface area contributed by atoms with Crippen molar-refractivity contribution in [3.63, 3.8) is 0 Å². The van der Waals surface area contributed by atoms with Crippen LogP contribution in [-0.2, 0) is 0 Å². The lowest BCUT2D eigenvalue weighted by atomic mass is 10.2. The third kappa shape index (κ3) is 3.49. The molecule has 0 heterocycles. The molecule has 0 aromatic heterocycles. The number of rotatable bonds is 4. The fourth-order valence-electron chi connectivity index (χ4n) is 0.970. The van der Waals surface area contributed by atoms with E-state index in [1.807, 2.05) is 25.1 Å². The minimum atomic E-state index is 0.673. The van der Waals surface area contributed by atoms with E-state index in [9.17, 15) is 0 Å². The number of hydrogen-bond donors (Lipinski definition) is 1. The first-order valence-electron chi connectivity index (χ1n) is 4.24. The highest BCUT2D eigenvalue weighted by molar-refractivity contribution is 7.80. The van der Waals surface area contributed by atoms with Crippen molar-refractivity contribution >= 4 is 24.2 Å². The lowest BCUT2D eigenvalue weighted by Crippen LogP contribution is -1.98. The van der Waals surface area contributed by atoms with Crippen molar-refractivity contribution in [1.82, 2.24) is 0 Å². The Kier molecular flexibility index (Phi) is 4.46. The van der Waals surface area contributed by atoms with Crippen LogP contribution in [0.3, 0.4) is 0 Å². The molecular weight excluding hydrogens is 204 g/mol. The Balaban J connectivity index is 2.56. The van der Waals surface area contributed by atoms with Gasteiger partial charge >= 0.3 is 0 Å². The van der Waals surface area contributed by atoms with Crippen LogP contribution in [0.2, 0.25) is 5.02 Å². The summed E-state index contributed by atoms with van der Waals surface area (Å²) in [7, 11) is 0. The Labute approximate surface area is 89.5 Å². The molecule has 0 fully saturated rings. The Morgan fingerprint density at radius 3 is 2.85 bits per heavy atom. The third-order valence-corrected chi connectivity index (χ3v) is 2.26. The van der Waals surface area contributed by atoms with Gasteiger partial charge < -0.3 is 4.74 Å². The summed E-state index contributed by atoms with van der Waals surface area (Å²) in [5, 5.41) is 0.680. The largest absolute Gasteiger partial charge is 0.492 e. The molecule has 1 rings (SSSR count). The van der Waals surface area contributed by atoms with E-state index in [0.717, 1.165) is 23.5 Å². The number of halogens is 1. The molecule has 0 aliphatic rings. The lowest BCUT2D eigenvalue weighted by molar-refractivity contribution is 0.319. The highest BCUT2D eigenvalue weighted by atomic mass is 35.5. The van der Waals surface area contributed by atoms with Gasteiger partial charge in [-0.15, -0.1) is 0 Å². The van der Waals surface area contributed by atoms with Crippen molar-refractivity contribution in [3.8, 4) is 5.75 Å². The molecular formula is C10H13ClOS. The standard InChI is InChI=1S/C10H13ClOS/c1-8-3-4-10(9(11)7-8)12-5-2-6-13/h3-4,7,13H,2,5-6H2,1H3. The predicted octanol–water partition coefficient (Wildman–Crippen LogP) is 3.35. The van der Waals surface area contributed by atoms with E-state index in [1.54, 1.807) is 0 Å². The van der Waals surface area contributed by atoms with E-state index < -0.39 is 0 Å². The minimum Gasteiger partial charge on any atom is -0.492 e. The lowest BCUT2D eigenvalue weighted by Gasteiger charge is -2.07. The number of aryl methyl sites for hydroxylation is 1. The van der Waals surface area contributed by atoms with E-state index in [4.69, 9.17) is 16.3 Å². The van der Waals surface area contributed by atoms with Crippen molar-refractivity contribution in [2.24, 2.45) is 0 Å². The summed E-state index contributed by atoms with van der Waals surface area (Å²) in [6.45, 7) is 2.68. The smallest absolute Gasteiger partial charge is 0.137 e. The number of thiol groups is 1. The first-order chi connectivity index (χ1) is 6.24. The van der Waals surface area contributed by atoms with Crippen LogP contribution in [-0.4, -0.2) is 12.4 Å². The molecule has 0 aliphatic carbocycles. The molecule has 1 aromatic rings. The molecule has 0 unspecified atom stereocenters. The molecule has 0 bridgehead atoms. The fraction of sp³-hybridized carbons (Fsp3) is 0.400.